The van der Waals surface area contributed by atoms with Crippen LogP contribution in [0.1, 0.15) is 4.88 Å². The van der Waals surface area contributed by atoms with Gasteiger partial charge in [-0.05, 0) is 18.2 Å². The van der Waals surface area contributed by atoms with E-state index in [0.29, 0.717) is 22.1 Å². The monoisotopic (exact) mass is 260 g/mol. The third-order valence-corrected chi connectivity index (χ3v) is 3.62. The summed E-state index contributed by atoms with van der Waals surface area (Å²) in [7, 11) is 3.18. The first kappa shape index (κ1) is 12.3. The minimum atomic E-state index is 0.488. The summed E-state index contributed by atoms with van der Waals surface area (Å²) in [6, 6.07) is 9.46. The van der Waals surface area contributed by atoms with Crippen LogP contribution in [-0.4, -0.2) is 14.2 Å². The van der Waals surface area contributed by atoms with Crippen molar-refractivity contribution in [1.29, 1.82) is 5.26 Å². The van der Waals surface area contributed by atoms with Gasteiger partial charge in [-0.15, -0.1) is 11.3 Å². The predicted octanol–water partition coefficient (Wildman–Crippen LogP) is 2.89. The van der Waals surface area contributed by atoms with Crippen molar-refractivity contribution in [3.63, 3.8) is 0 Å². The SMILES string of the molecule is COc1cccc(-c2cc(N)c(C#N)s2)c1OC. The van der Waals surface area contributed by atoms with E-state index in [1.807, 2.05) is 18.2 Å². The van der Waals surface area contributed by atoms with E-state index in [-0.39, 0.29) is 0 Å². The molecule has 18 heavy (non-hydrogen) atoms. The minimum Gasteiger partial charge on any atom is -0.493 e. The number of methoxy groups -OCH3 is 2. The van der Waals surface area contributed by atoms with Gasteiger partial charge >= 0.3 is 0 Å². The Labute approximate surface area is 109 Å². The normalized spacial score (nSPS) is 9.83. The average molecular weight is 260 g/mol. The van der Waals surface area contributed by atoms with Crippen LogP contribution in [0.25, 0.3) is 10.4 Å². The van der Waals surface area contributed by atoms with E-state index in [2.05, 4.69) is 6.07 Å². The van der Waals surface area contributed by atoms with Crippen molar-refractivity contribution in [2.75, 3.05) is 20.0 Å². The van der Waals surface area contributed by atoms with Gasteiger partial charge in [0, 0.05) is 10.4 Å². The first-order valence-corrected chi connectivity index (χ1v) is 6.03. The van der Waals surface area contributed by atoms with E-state index in [0.717, 1.165) is 10.4 Å². The number of hydrogen-bond donors (Lipinski definition) is 1. The molecule has 0 saturated heterocycles. The van der Waals surface area contributed by atoms with Gasteiger partial charge in [-0.1, -0.05) is 6.07 Å². The van der Waals surface area contributed by atoms with Crippen molar-refractivity contribution in [3.05, 3.63) is 29.1 Å². The summed E-state index contributed by atoms with van der Waals surface area (Å²) in [5.74, 6) is 1.30. The minimum absolute atomic E-state index is 0.488. The summed E-state index contributed by atoms with van der Waals surface area (Å²) in [6.07, 6.45) is 0. The number of rotatable bonds is 3. The number of hydrogen-bond acceptors (Lipinski definition) is 5. The van der Waals surface area contributed by atoms with E-state index in [9.17, 15) is 0 Å². The Bertz CT molecular complexity index is 614. The molecule has 1 aromatic carbocycles. The number of ether oxygens (including phenoxy) is 2. The first-order valence-electron chi connectivity index (χ1n) is 5.22. The van der Waals surface area contributed by atoms with Gasteiger partial charge in [0.05, 0.1) is 19.9 Å². The number of thiophene rings is 1. The molecule has 0 atom stereocenters. The standard InChI is InChI=1S/C13H12N2O2S/c1-16-10-5-3-4-8(13(10)17-2)11-6-9(15)12(7-14)18-11/h3-6H,15H2,1-2H3. The fourth-order valence-corrected chi connectivity index (χ4v) is 2.61. The summed E-state index contributed by atoms with van der Waals surface area (Å²) in [5.41, 5.74) is 7.13. The average Bonchev–Trinajstić information content (AvgIpc) is 2.78. The zero-order valence-electron chi connectivity index (χ0n) is 10.1. The maximum Gasteiger partial charge on any atom is 0.169 e. The maximum absolute atomic E-state index is 8.93. The molecule has 5 heteroatoms. The van der Waals surface area contributed by atoms with Gasteiger partial charge in [-0.3, -0.25) is 0 Å². The molecule has 0 radical (unpaired) electrons. The second-order valence-corrected chi connectivity index (χ2v) is 4.60. The number of anilines is 1. The highest BCUT2D eigenvalue weighted by Crippen LogP contribution is 2.42. The number of benzene rings is 1. The Morgan fingerprint density at radius 3 is 2.61 bits per heavy atom. The maximum atomic E-state index is 8.93. The van der Waals surface area contributed by atoms with Gasteiger partial charge in [-0.25, -0.2) is 0 Å². The molecule has 0 bridgehead atoms. The molecule has 0 aliphatic carbocycles. The third-order valence-electron chi connectivity index (χ3n) is 2.53. The lowest BCUT2D eigenvalue weighted by molar-refractivity contribution is 0.356. The summed E-state index contributed by atoms with van der Waals surface area (Å²) < 4.78 is 10.6. The van der Waals surface area contributed by atoms with Crippen LogP contribution in [0.4, 0.5) is 5.69 Å². The Hall–Kier alpha value is -2.19. The van der Waals surface area contributed by atoms with Gasteiger partial charge in [0.15, 0.2) is 11.5 Å². The van der Waals surface area contributed by atoms with Gasteiger partial charge < -0.3 is 15.2 Å². The fourth-order valence-electron chi connectivity index (χ4n) is 1.71. The number of nitriles is 1. The molecule has 4 nitrogen and oxygen atoms in total. The lowest BCUT2D eigenvalue weighted by atomic mass is 10.1. The molecular formula is C13H12N2O2S. The van der Waals surface area contributed by atoms with Gasteiger partial charge in [0.1, 0.15) is 10.9 Å². The zero-order chi connectivity index (χ0) is 13.1. The lowest BCUT2D eigenvalue weighted by Gasteiger charge is -2.11. The molecule has 1 heterocycles. The number of nitrogens with two attached hydrogens (primary N) is 1. The van der Waals surface area contributed by atoms with Crippen molar-refractivity contribution < 1.29 is 9.47 Å². The number of nitrogen functional groups attached to an aromatic ring is 1. The van der Waals surface area contributed by atoms with Gasteiger partial charge in [0.2, 0.25) is 0 Å². The molecule has 2 aromatic rings. The van der Waals surface area contributed by atoms with E-state index in [1.165, 1.54) is 11.3 Å². The van der Waals surface area contributed by atoms with E-state index in [4.69, 9.17) is 20.5 Å². The highest BCUT2D eigenvalue weighted by molar-refractivity contribution is 7.16. The van der Waals surface area contributed by atoms with Crippen LogP contribution in [0.2, 0.25) is 0 Å². The molecule has 0 aliphatic heterocycles. The summed E-state index contributed by atoms with van der Waals surface area (Å²) >= 11 is 1.34. The molecule has 2 rings (SSSR count). The van der Waals surface area contributed by atoms with Crippen LogP contribution in [0.15, 0.2) is 24.3 Å². The predicted molar refractivity (Wildman–Crippen MR) is 72.0 cm³/mol. The molecule has 0 saturated carbocycles. The second-order valence-electron chi connectivity index (χ2n) is 3.55. The molecule has 92 valence electrons. The van der Waals surface area contributed by atoms with Gasteiger partial charge in [-0.2, -0.15) is 5.26 Å². The topological polar surface area (TPSA) is 68.3 Å². The molecular weight excluding hydrogens is 248 g/mol. The largest absolute Gasteiger partial charge is 0.493 e. The molecule has 1 aromatic heterocycles. The van der Waals surface area contributed by atoms with Crippen LogP contribution in [0.5, 0.6) is 11.5 Å². The van der Waals surface area contributed by atoms with E-state index in [1.54, 1.807) is 20.3 Å². The van der Waals surface area contributed by atoms with Crippen LogP contribution < -0.4 is 15.2 Å². The summed E-state index contributed by atoms with van der Waals surface area (Å²) in [4.78, 5) is 1.40. The second kappa shape index (κ2) is 4.98. The lowest BCUT2D eigenvalue weighted by Crippen LogP contribution is -1.92. The van der Waals surface area contributed by atoms with Crippen molar-refractivity contribution in [2.45, 2.75) is 0 Å². The Balaban J connectivity index is 2.60. The molecule has 0 fully saturated rings. The number of nitrogens with zero attached hydrogens (tertiary/aromatic N) is 1. The van der Waals surface area contributed by atoms with Crippen molar-refractivity contribution in [3.8, 4) is 28.0 Å². The summed E-state index contributed by atoms with van der Waals surface area (Å²) in [6.45, 7) is 0. The molecule has 0 aliphatic rings. The highest BCUT2D eigenvalue weighted by atomic mass is 32.1. The van der Waals surface area contributed by atoms with E-state index >= 15 is 0 Å². The van der Waals surface area contributed by atoms with Crippen molar-refractivity contribution in [1.82, 2.24) is 0 Å². The fraction of sp³-hybridized carbons (Fsp3) is 0.154. The Kier molecular flexibility index (Phi) is 3.40. The third kappa shape index (κ3) is 1.98. The quantitative estimate of drug-likeness (QED) is 0.921. The Morgan fingerprint density at radius 1 is 1.28 bits per heavy atom. The molecule has 2 N–H and O–H groups in total. The van der Waals surface area contributed by atoms with Crippen LogP contribution in [-0.2, 0) is 0 Å². The smallest absolute Gasteiger partial charge is 0.169 e. The van der Waals surface area contributed by atoms with Crippen LogP contribution in [0.3, 0.4) is 0 Å². The molecule has 0 spiro atoms. The van der Waals surface area contributed by atoms with Gasteiger partial charge in [0.25, 0.3) is 0 Å². The number of para-hydroxylation sites is 1. The zero-order valence-corrected chi connectivity index (χ0v) is 10.9. The van der Waals surface area contributed by atoms with E-state index < -0.39 is 0 Å². The Morgan fingerprint density at radius 2 is 2.06 bits per heavy atom. The molecule has 0 amide bonds. The van der Waals surface area contributed by atoms with Crippen LogP contribution >= 0.6 is 11.3 Å². The van der Waals surface area contributed by atoms with Crippen LogP contribution in [0, 0.1) is 11.3 Å². The van der Waals surface area contributed by atoms with Crippen molar-refractivity contribution >= 4 is 17.0 Å². The molecule has 0 unspecified atom stereocenters. The summed E-state index contributed by atoms with van der Waals surface area (Å²) in [5, 5.41) is 8.93. The first-order chi connectivity index (χ1) is 8.71. The van der Waals surface area contributed by atoms with Crippen molar-refractivity contribution in [2.24, 2.45) is 0 Å². The highest BCUT2D eigenvalue weighted by Gasteiger charge is 2.15.